The summed E-state index contributed by atoms with van der Waals surface area (Å²) in [5.74, 6) is -0.241. The first kappa shape index (κ1) is 44.7. The minimum Gasteiger partial charge on any atom is -0.463 e. The fourth-order valence-electron chi connectivity index (χ4n) is 5.37. The third-order valence-electron chi connectivity index (χ3n) is 8.20. The summed E-state index contributed by atoms with van der Waals surface area (Å²) in [6, 6.07) is 24.1. The first-order valence-electron chi connectivity index (χ1n) is 18.5. The number of halogens is 2. The van der Waals surface area contributed by atoms with Crippen molar-refractivity contribution in [2.45, 2.75) is 98.7 Å². The lowest BCUT2D eigenvalue weighted by Gasteiger charge is -2.18. The zero-order chi connectivity index (χ0) is 41.4. The summed E-state index contributed by atoms with van der Waals surface area (Å²) in [5, 5.41) is 13.7. The number of pyridine rings is 2. The molecule has 4 aromatic heterocycles. The molecule has 0 aliphatic heterocycles. The van der Waals surface area contributed by atoms with E-state index in [0.29, 0.717) is 15.7 Å². The molecular formula is C46H53Cl2N3O3S2. The highest BCUT2D eigenvalue weighted by Crippen LogP contribution is 2.39. The molecule has 56 heavy (non-hydrogen) atoms. The van der Waals surface area contributed by atoms with Crippen LogP contribution < -0.4 is 5.73 Å². The van der Waals surface area contributed by atoms with Crippen molar-refractivity contribution in [2.75, 3.05) is 5.73 Å². The minimum atomic E-state index is -0.241. The second-order valence-electron chi connectivity index (χ2n) is 16.1. The highest BCUT2D eigenvalue weighted by molar-refractivity contribution is 7.14. The zero-order valence-electron chi connectivity index (χ0n) is 33.9. The van der Waals surface area contributed by atoms with Gasteiger partial charge < -0.3 is 15.6 Å². The quantitative estimate of drug-likeness (QED) is 0.123. The van der Waals surface area contributed by atoms with Gasteiger partial charge in [0.15, 0.2) is 0 Å². The molecular weight excluding hydrogens is 778 g/mol. The molecule has 0 saturated heterocycles. The van der Waals surface area contributed by atoms with Gasteiger partial charge in [-0.2, -0.15) is 0 Å². The number of aliphatic hydroxyl groups excluding tert-OH is 1. The number of aliphatic hydroxyl groups is 1. The summed E-state index contributed by atoms with van der Waals surface area (Å²) in [4.78, 5) is 23.1. The number of nitrogens with zero attached hydrogens (tertiary/aromatic N) is 2. The van der Waals surface area contributed by atoms with Crippen molar-refractivity contribution in [3.63, 3.8) is 0 Å². The van der Waals surface area contributed by atoms with Gasteiger partial charge in [-0.15, -0.1) is 22.7 Å². The second-order valence-corrected chi connectivity index (χ2v) is 18.8. The average Bonchev–Trinajstić information content (AvgIpc) is 3.79. The molecule has 0 atom stereocenters. The van der Waals surface area contributed by atoms with Gasteiger partial charge in [-0.25, -0.2) is 0 Å². The van der Waals surface area contributed by atoms with Crippen molar-refractivity contribution in [1.82, 2.24) is 9.97 Å². The number of benzene rings is 2. The summed E-state index contributed by atoms with van der Waals surface area (Å²) in [6.45, 7) is 20.1. The monoisotopic (exact) mass is 829 g/mol. The largest absolute Gasteiger partial charge is 0.463 e. The summed E-state index contributed by atoms with van der Waals surface area (Å²) >= 11 is 16.2. The molecule has 0 fully saturated rings. The van der Waals surface area contributed by atoms with Crippen LogP contribution in [0.25, 0.3) is 43.1 Å². The van der Waals surface area contributed by atoms with Crippen molar-refractivity contribution >= 4 is 57.5 Å². The molecule has 0 saturated carbocycles. The molecule has 2 aromatic carbocycles. The number of carbonyl (C=O) groups is 1. The molecule has 0 aliphatic rings. The second kappa shape index (κ2) is 19.4. The number of hydrogen-bond donors (Lipinski definition) is 2. The van der Waals surface area contributed by atoms with Crippen LogP contribution in [0.15, 0.2) is 96.0 Å². The Kier molecular flexibility index (Phi) is 15.5. The molecule has 0 aliphatic carbocycles. The molecule has 10 heteroatoms. The molecule has 0 amide bonds. The molecule has 0 bridgehead atoms. The molecule has 3 N–H and O–H groups in total. The maximum absolute atomic E-state index is 11.9. The number of thiophene rings is 2. The highest BCUT2D eigenvalue weighted by atomic mass is 35.5. The molecule has 6 nitrogen and oxygen atoms in total. The summed E-state index contributed by atoms with van der Waals surface area (Å²) in [7, 11) is 0. The van der Waals surface area contributed by atoms with E-state index in [1.165, 1.54) is 11.1 Å². The number of aromatic nitrogens is 2. The fraction of sp³-hybridized carbons (Fsp3) is 0.326. The van der Waals surface area contributed by atoms with E-state index in [1.54, 1.807) is 42.6 Å². The SMILES string of the molecule is CC(C)(C)c1cc(-c2csc(-c3ccc(N)cc3Cl)c2)ccn1.CC(C)O.CC(C)OC(=O)Cc1ccc(-c2cc(-c3ccnc(C(C)(C)C)c3)cs2)c(Cl)c1. The van der Waals surface area contributed by atoms with Gasteiger partial charge in [0.05, 0.1) is 17.5 Å². The van der Waals surface area contributed by atoms with Gasteiger partial charge in [0.25, 0.3) is 0 Å². The molecule has 296 valence electrons. The van der Waals surface area contributed by atoms with Crippen LogP contribution in [0, 0.1) is 0 Å². The summed E-state index contributed by atoms with van der Waals surface area (Å²) in [6.07, 6.45) is 3.68. The Bertz CT molecular complexity index is 2230. The van der Waals surface area contributed by atoms with Crippen LogP contribution in [0.1, 0.15) is 86.2 Å². The lowest BCUT2D eigenvalue weighted by molar-refractivity contribution is -0.146. The Morgan fingerprint density at radius 3 is 1.55 bits per heavy atom. The van der Waals surface area contributed by atoms with Crippen molar-refractivity contribution in [3.05, 3.63) is 123 Å². The van der Waals surface area contributed by atoms with Gasteiger partial charge >= 0.3 is 5.97 Å². The maximum Gasteiger partial charge on any atom is 0.310 e. The van der Waals surface area contributed by atoms with Crippen molar-refractivity contribution in [1.29, 1.82) is 0 Å². The van der Waals surface area contributed by atoms with Gasteiger partial charge in [-0.3, -0.25) is 14.8 Å². The smallest absolute Gasteiger partial charge is 0.310 e. The number of ether oxygens (including phenoxy) is 1. The first-order valence-corrected chi connectivity index (χ1v) is 21.1. The number of rotatable bonds is 7. The van der Waals surface area contributed by atoms with Crippen LogP contribution in [0.4, 0.5) is 5.69 Å². The third-order valence-corrected chi connectivity index (χ3v) is 10.7. The minimum absolute atomic E-state index is 0.00468. The number of carbonyl (C=O) groups excluding carboxylic acids is 1. The highest BCUT2D eigenvalue weighted by Gasteiger charge is 2.18. The summed E-state index contributed by atoms with van der Waals surface area (Å²) < 4.78 is 5.21. The van der Waals surface area contributed by atoms with E-state index in [4.69, 9.17) is 38.8 Å². The van der Waals surface area contributed by atoms with E-state index in [-0.39, 0.29) is 35.4 Å². The summed E-state index contributed by atoms with van der Waals surface area (Å²) in [5.41, 5.74) is 16.2. The van der Waals surface area contributed by atoms with E-state index in [0.717, 1.165) is 49.0 Å². The number of nitrogens with two attached hydrogens (primary N) is 1. The Morgan fingerprint density at radius 1 is 0.696 bits per heavy atom. The molecule has 0 unspecified atom stereocenters. The normalized spacial score (nSPS) is 11.5. The predicted molar refractivity (Wildman–Crippen MR) is 240 cm³/mol. The topological polar surface area (TPSA) is 98.3 Å². The van der Waals surface area contributed by atoms with Crippen molar-refractivity contribution in [3.8, 4) is 43.1 Å². The number of nitrogen functional groups attached to an aromatic ring is 1. The first-order chi connectivity index (χ1) is 26.2. The average molecular weight is 831 g/mol. The van der Waals surface area contributed by atoms with Crippen LogP contribution >= 0.6 is 45.9 Å². The maximum atomic E-state index is 11.9. The van der Waals surface area contributed by atoms with E-state index in [9.17, 15) is 4.79 Å². The van der Waals surface area contributed by atoms with E-state index < -0.39 is 0 Å². The van der Waals surface area contributed by atoms with Gasteiger partial charge in [0.2, 0.25) is 0 Å². The third kappa shape index (κ3) is 13.0. The molecule has 0 spiro atoms. The van der Waals surface area contributed by atoms with Gasteiger partial charge in [-0.05, 0) is 121 Å². The predicted octanol–water partition coefficient (Wildman–Crippen LogP) is 13.3. The van der Waals surface area contributed by atoms with Crippen LogP contribution in [-0.2, 0) is 26.8 Å². The van der Waals surface area contributed by atoms with Crippen LogP contribution in [0.3, 0.4) is 0 Å². The van der Waals surface area contributed by atoms with E-state index in [2.05, 4.69) is 86.5 Å². The molecule has 6 aromatic rings. The Balaban J connectivity index is 0.000000232. The standard InChI is InChI=1S/C24H26ClNO2S.C19H19ClN2S.C3H8O/c1-15(2)28-23(27)11-16-6-7-19(20(25)10-16)21-12-18(14-29-21)17-8-9-26-22(13-17)24(3,4)5;1-19(2,3)18-9-12(6-7-22-18)13-8-17(23-11-13)15-5-4-14(21)10-16(15)20;1-3(2)4/h6-10,12-15H,11H2,1-5H3;4-11H,21H2,1-3H3;3-4H,1-2H3. The number of esters is 1. The number of anilines is 1. The van der Waals surface area contributed by atoms with Gasteiger partial charge in [0, 0.05) is 72.3 Å². The van der Waals surface area contributed by atoms with Crippen molar-refractivity contribution < 1.29 is 14.6 Å². The Morgan fingerprint density at radius 2 is 1.14 bits per heavy atom. The fourth-order valence-corrected chi connectivity index (χ4v) is 7.99. The van der Waals surface area contributed by atoms with Crippen LogP contribution in [0.5, 0.6) is 0 Å². The van der Waals surface area contributed by atoms with Gasteiger partial charge in [-0.1, -0.05) is 82.9 Å². The van der Waals surface area contributed by atoms with Crippen LogP contribution in [0.2, 0.25) is 10.0 Å². The number of hydrogen-bond acceptors (Lipinski definition) is 8. The Labute approximate surface area is 350 Å². The van der Waals surface area contributed by atoms with Crippen LogP contribution in [-0.4, -0.2) is 33.3 Å². The lowest BCUT2D eigenvalue weighted by Crippen LogP contribution is -2.13. The molecule has 6 rings (SSSR count). The Hall–Kier alpha value is -4.05. The lowest BCUT2D eigenvalue weighted by atomic mass is 9.90. The van der Waals surface area contributed by atoms with E-state index in [1.807, 2.05) is 68.7 Å². The van der Waals surface area contributed by atoms with Gasteiger partial charge in [0.1, 0.15) is 0 Å². The van der Waals surface area contributed by atoms with E-state index >= 15 is 0 Å². The van der Waals surface area contributed by atoms with Crippen molar-refractivity contribution in [2.24, 2.45) is 0 Å². The molecule has 0 radical (unpaired) electrons. The zero-order valence-corrected chi connectivity index (χ0v) is 37.1. The molecule has 4 heterocycles.